The highest BCUT2D eigenvalue weighted by Gasteiger charge is 2.25. The van der Waals surface area contributed by atoms with Crippen LogP contribution in [0.2, 0.25) is 0 Å². The van der Waals surface area contributed by atoms with E-state index in [2.05, 4.69) is 14.9 Å². The van der Waals surface area contributed by atoms with Gasteiger partial charge in [-0.1, -0.05) is 72.8 Å². The lowest BCUT2D eigenvalue weighted by atomic mass is 10.3. The standard InChI is InChI=1S/2C12H11O4P.C2H2N2O.H2O/c2*13-17(14,15-11-7-3-1-4-8-11)16-12-9-5-2-6-10-12;1-2-5-4-3-1;/h2*1-10H,(H,13,14);1-2H;1H2. The van der Waals surface area contributed by atoms with Crippen molar-refractivity contribution >= 4 is 15.6 Å². The van der Waals surface area contributed by atoms with Crippen molar-refractivity contribution in [3.05, 3.63) is 134 Å². The van der Waals surface area contributed by atoms with E-state index in [1.165, 1.54) is 12.5 Å². The second-order valence-corrected chi connectivity index (χ2v) is 9.75. The predicted molar refractivity (Wildman–Crippen MR) is 146 cm³/mol. The third-order valence-electron chi connectivity index (χ3n) is 4.14. The van der Waals surface area contributed by atoms with Gasteiger partial charge < -0.3 is 28.1 Å². The van der Waals surface area contributed by atoms with Crippen LogP contribution in [0.5, 0.6) is 23.0 Å². The summed E-state index contributed by atoms with van der Waals surface area (Å²) in [7, 11) is -8.27. The molecule has 40 heavy (non-hydrogen) atoms. The highest BCUT2D eigenvalue weighted by molar-refractivity contribution is 7.48. The SMILES string of the molecule is O.O=P(O)(Oc1ccccc1)Oc1ccccc1.O=P(O)(Oc1ccccc1)Oc1ccccc1.c1conn1. The monoisotopic (exact) mass is 588 g/mol. The quantitative estimate of drug-likeness (QED) is 0.211. The number of rotatable bonds is 8. The third-order valence-corrected chi connectivity index (χ3v) is 5.90. The topological polar surface area (TPSA) is 182 Å². The molecule has 0 unspecified atom stereocenters. The summed E-state index contributed by atoms with van der Waals surface area (Å²) in [5.41, 5.74) is 0. The maximum absolute atomic E-state index is 11.7. The molecule has 0 saturated heterocycles. The van der Waals surface area contributed by atoms with Crippen molar-refractivity contribution in [1.29, 1.82) is 0 Å². The Morgan fingerprint density at radius 1 is 0.525 bits per heavy atom. The van der Waals surface area contributed by atoms with Crippen LogP contribution in [0.1, 0.15) is 0 Å². The van der Waals surface area contributed by atoms with Crippen molar-refractivity contribution in [3.8, 4) is 23.0 Å². The van der Waals surface area contributed by atoms with Crippen LogP contribution in [0.15, 0.2) is 138 Å². The third kappa shape index (κ3) is 12.9. The van der Waals surface area contributed by atoms with Crippen LogP contribution in [-0.4, -0.2) is 25.6 Å². The number of phosphoric acid groups is 2. The van der Waals surface area contributed by atoms with Crippen molar-refractivity contribution in [2.24, 2.45) is 0 Å². The van der Waals surface area contributed by atoms with Crippen molar-refractivity contribution in [2.45, 2.75) is 0 Å². The zero-order valence-corrected chi connectivity index (χ0v) is 22.5. The van der Waals surface area contributed by atoms with E-state index in [1.54, 1.807) is 121 Å². The first kappa shape index (κ1) is 31.8. The molecule has 0 aliphatic carbocycles. The van der Waals surface area contributed by atoms with E-state index in [0.29, 0.717) is 0 Å². The minimum Gasteiger partial charge on any atom is -0.412 e. The first-order valence-electron chi connectivity index (χ1n) is 11.2. The molecule has 14 heteroatoms. The summed E-state index contributed by atoms with van der Waals surface area (Å²) in [5, 5.41) is 6.40. The lowest BCUT2D eigenvalue weighted by Gasteiger charge is -2.13. The molecule has 0 spiro atoms. The minimum absolute atomic E-state index is 0. The Hall–Kier alpha value is -4.44. The van der Waals surface area contributed by atoms with Gasteiger partial charge in [0.05, 0.1) is 6.20 Å². The summed E-state index contributed by atoms with van der Waals surface area (Å²) in [6, 6.07) is 33.4. The Morgan fingerprint density at radius 2 is 0.800 bits per heavy atom. The van der Waals surface area contributed by atoms with Gasteiger partial charge in [0.25, 0.3) is 0 Å². The van der Waals surface area contributed by atoms with Gasteiger partial charge in [-0.05, 0) is 48.5 Å². The first-order valence-corrected chi connectivity index (χ1v) is 14.2. The van der Waals surface area contributed by atoms with E-state index in [4.69, 9.17) is 18.1 Å². The van der Waals surface area contributed by atoms with Crippen LogP contribution < -0.4 is 18.1 Å². The zero-order chi connectivity index (χ0) is 27.8. The van der Waals surface area contributed by atoms with Gasteiger partial charge in [0.2, 0.25) is 0 Å². The maximum atomic E-state index is 11.7. The molecule has 0 amide bonds. The van der Waals surface area contributed by atoms with E-state index < -0.39 is 15.6 Å². The number of phosphoric ester groups is 2. The van der Waals surface area contributed by atoms with Crippen molar-refractivity contribution in [2.75, 3.05) is 0 Å². The largest absolute Gasteiger partial charge is 0.584 e. The lowest BCUT2D eigenvalue weighted by Crippen LogP contribution is -1.99. The van der Waals surface area contributed by atoms with Gasteiger partial charge in [0, 0.05) is 5.27 Å². The number of para-hydroxylation sites is 4. The molecule has 5 aromatic rings. The summed E-state index contributed by atoms with van der Waals surface area (Å²) >= 11 is 0. The zero-order valence-electron chi connectivity index (χ0n) is 20.7. The second kappa shape index (κ2) is 16.5. The molecule has 4 aromatic carbocycles. The molecule has 0 aliphatic heterocycles. The van der Waals surface area contributed by atoms with Gasteiger partial charge in [-0.2, -0.15) is 0 Å². The molecule has 0 saturated carbocycles. The molecule has 5 rings (SSSR count). The Labute approximate surface area is 229 Å². The predicted octanol–water partition coefficient (Wildman–Crippen LogP) is 5.73. The van der Waals surface area contributed by atoms with Crippen molar-refractivity contribution < 1.29 is 47.0 Å². The average Bonchev–Trinajstić information content (AvgIpc) is 3.51. The normalized spacial score (nSPS) is 10.2. The van der Waals surface area contributed by atoms with E-state index in [9.17, 15) is 18.9 Å². The van der Waals surface area contributed by atoms with Crippen LogP contribution in [0.4, 0.5) is 0 Å². The number of benzene rings is 4. The molecule has 0 aliphatic rings. The molecule has 0 radical (unpaired) electrons. The van der Waals surface area contributed by atoms with Crippen LogP contribution in [0, 0.1) is 0 Å². The summed E-state index contributed by atoms with van der Waals surface area (Å²) in [4.78, 5) is 19.1. The fourth-order valence-corrected chi connectivity index (χ4v) is 4.26. The van der Waals surface area contributed by atoms with Gasteiger partial charge in [-0.15, -0.1) is 5.10 Å². The molecule has 1 heterocycles. The number of hydrogen-bond acceptors (Lipinski definition) is 9. The van der Waals surface area contributed by atoms with E-state index >= 15 is 0 Å². The molecule has 4 N–H and O–H groups in total. The second-order valence-electron chi connectivity index (χ2n) is 7.14. The van der Waals surface area contributed by atoms with Crippen LogP contribution in [0.3, 0.4) is 0 Å². The Balaban J connectivity index is 0.000000233. The lowest BCUT2D eigenvalue weighted by molar-refractivity contribution is 0.289. The fourth-order valence-electron chi connectivity index (χ4n) is 2.63. The van der Waals surface area contributed by atoms with Crippen LogP contribution >= 0.6 is 15.6 Å². The van der Waals surface area contributed by atoms with E-state index in [0.717, 1.165) is 0 Å². The molecule has 1 aromatic heterocycles. The minimum atomic E-state index is -4.14. The van der Waals surface area contributed by atoms with E-state index in [-0.39, 0.29) is 28.5 Å². The van der Waals surface area contributed by atoms with Gasteiger partial charge >= 0.3 is 15.6 Å². The van der Waals surface area contributed by atoms with Crippen LogP contribution in [0.25, 0.3) is 0 Å². The van der Waals surface area contributed by atoms with Gasteiger partial charge in [0.15, 0.2) is 0 Å². The Morgan fingerprint density at radius 3 is 0.975 bits per heavy atom. The van der Waals surface area contributed by atoms with Crippen molar-refractivity contribution in [1.82, 2.24) is 10.4 Å². The maximum Gasteiger partial charge on any atom is 0.584 e. The number of nitrogens with zero attached hydrogens (tertiary/aromatic N) is 2. The average molecular weight is 588 g/mol. The molecule has 0 fully saturated rings. The highest BCUT2D eigenvalue weighted by Crippen LogP contribution is 2.45. The summed E-state index contributed by atoms with van der Waals surface area (Å²) < 4.78 is 47.1. The summed E-state index contributed by atoms with van der Waals surface area (Å²) in [6.45, 7) is 0. The van der Waals surface area contributed by atoms with Gasteiger partial charge in [0.1, 0.15) is 29.3 Å². The molecular formula is C26H26N2O10P2. The molecule has 12 nitrogen and oxygen atoms in total. The Kier molecular flexibility index (Phi) is 13.1. The highest BCUT2D eigenvalue weighted by atomic mass is 31.2. The molecule has 0 bridgehead atoms. The smallest absolute Gasteiger partial charge is 0.412 e. The van der Waals surface area contributed by atoms with E-state index in [1.807, 2.05) is 0 Å². The molecule has 210 valence electrons. The summed E-state index contributed by atoms with van der Waals surface area (Å²) in [5.74, 6) is 1.15. The number of aromatic nitrogens is 2. The van der Waals surface area contributed by atoms with Gasteiger partial charge in [-0.25, -0.2) is 9.13 Å². The van der Waals surface area contributed by atoms with Gasteiger partial charge in [-0.3, -0.25) is 9.79 Å². The fraction of sp³-hybridized carbons (Fsp3) is 0. The first-order chi connectivity index (χ1) is 18.8. The van der Waals surface area contributed by atoms with Crippen LogP contribution in [-0.2, 0) is 9.13 Å². The molecule has 0 atom stereocenters. The summed E-state index contributed by atoms with van der Waals surface area (Å²) in [6.07, 6.45) is 2.88. The number of hydrogen-bond donors (Lipinski definition) is 2. The Bertz CT molecular complexity index is 1220. The molecular weight excluding hydrogens is 562 g/mol. The van der Waals surface area contributed by atoms with Crippen molar-refractivity contribution in [3.63, 3.8) is 0 Å².